The molecule has 1 aliphatic rings. The molecule has 0 radical (unpaired) electrons. The van der Waals surface area contributed by atoms with E-state index < -0.39 is 5.95 Å². The van der Waals surface area contributed by atoms with Gasteiger partial charge in [-0.3, -0.25) is 0 Å². The third-order valence-corrected chi connectivity index (χ3v) is 2.88. The van der Waals surface area contributed by atoms with Gasteiger partial charge < -0.3 is 5.32 Å². The van der Waals surface area contributed by atoms with Crippen LogP contribution in [0.1, 0.15) is 20.3 Å². The summed E-state index contributed by atoms with van der Waals surface area (Å²) in [5.41, 5.74) is 0.443. The van der Waals surface area contributed by atoms with Gasteiger partial charge in [0, 0.05) is 12.6 Å². The molecule has 1 aliphatic carbocycles. The van der Waals surface area contributed by atoms with E-state index in [0.29, 0.717) is 17.2 Å². The van der Waals surface area contributed by atoms with Crippen molar-refractivity contribution in [3.63, 3.8) is 0 Å². The van der Waals surface area contributed by atoms with Crippen LogP contribution in [0.25, 0.3) is 0 Å². The number of halogens is 1. The topological polar surface area (TPSA) is 37.8 Å². The average molecular weight is 195 g/mol. The number of rotatable bonds is 3. The molecule has 1 aromatic heterocycles. The maximum atomic E-state index is 12.7. The molecule has 1 aromatic rings. The zero-order chi connectivity index (χ0) is 10.2. The Bertz CT molecular complexity index is 338. The van der Waals surface area contributed by atoms with Gasteiger partial charge in [-0.2, -0.15) is 4.39 Å². The van der Waals surface area contributed by atoms with Crippen LogP contribution in [0.5, 0.6) is 0 Å². The minimum Gasteiger partial charge on any atom is -0.370 e. The molecule has 1 fully saturated rings. The van der Waals surface area contributed by atoms with Gasteiger partial charge in [0.2, 0.25) is 5.95 Å². The molecule has 2 rings (SSSR count). The molecule has 76 valence electrons. The predicted octanol–water partition coefficient (Wildman–Crippen LogP) is 2.07. The SMILES string of the molecule is CC1(C)CC1CNc1cc(F)ncn1. The summed E-state index contributed by atoms with van der Waals surface area (Å²) in [5.74, 6) is 0.762. The van der Waals surface area contributed by atoms with E-state index in [1.807, 2.05) is 0 Å². The van der Waals surface area contributed by atoms with Gasteiger partial charge in [-0.05, 0) is 17.8 Å². The Kier molecular flexibility index (Phi) is 2.13. The quantitative estimate of drug-likeness (QED) is 0.750. The van der Waals surface area contributed by atoms with Gasteiger partial charge in [0.15, 0.2) is 0 Å². The summed E-state index contributed by atoms with van der Waals surface area (Å²) in [6.07, 6.45) is 2.46. The standard InChI is InChI=1S/C10H14FN3/c1-10(2)4-7(10)5-12-9-3-8(11)13-6-14-9/h3,6-7H,4-5H2,1-2H3,(H,12,13,14). The van der Waals surface area contributed by atoms with Crippen molar-refractivity contribution in [3.8, 4) is 0 Å². The summed E-state index contributed by atoms with van der Waals surface area (Å²) in [4.78, 5) is 7.32. The number of hydrogen-bond donors (Lipinski definition) is 1. The second kappa shape index (κ2) is 3.19. The molecule has 1 atom stereocenters. The molecule has 1 heterocycles. The lowest BCUT2D eigenvalue weighted by Crippen LogP contribution is -2.08. The molecule has 4 heteroatoms. The van der Waals surface area contributed by atoms with Gasteiger partial charge in [0.25, 0.3) is 0 Å². The van der Waals surface area contributed by atoms with Crippen molar-refractivity contribution in [1.29, 1.82) is 0 Å². The third kappa shape index (κ3) is 2.00. The number of nitrogens with one attached hydrogen (secondary N) is 1. The average Bonchev–Trinajstić information content (AvgIpc) is 2.71. The van der Waals surface area contributed by atoms with Crippen LogP contribution < -0.4 is 5.32 Å². The Hall–Kier alpha value is -1.19. The lowest BCUT2D eigenvalue weighted by molar-refractivity contribution is 0.569. The minimum absolute atomic E-state index is 0.443. The lowest BCUT2D eigenvalue weighted by Gasteiger charge is -2.05. The molecule has 1 N–H and O–H groups in total. The summed E-state index contributed by atoms with van der Waals surface area (Å²) in [5, 5.41) is 3.11. The first-order chi connectivity index (χ1) is 6.58. The first kappa shape index (κ1) is 9.37. The lowest BCUT2D eigenvalue weighted by atomic mass is 10.1. The first-order valence-corrected chi connectivity index (χ1v) is 4.79. The molecule has 1 saturated carbocycles. The predicted molar refractivity (Wildman–Crippen MR) is 52.4 cm³/mol. The van der Waals surface area contributed by atoms with Gasteiger partial charge in [-0.1, -0.05) is 13.8 Å². The maximum absolute atomic E-state index is 12.7. The highest BCUT2D eigenvalue weighted by Crippen LogP contribution is 2.51. The molecule has 0 aromatic carbocycles. The van der Waals surface area contributed by atoms with Crippen molar-refractivity contribution in [2.45, 2.75) is 20.3 Å². The van der Waals surface area contributed by atoms with Crippen molar-refractivity contribution in [3.05, 3.63) is 18.3 Å². The van der Waals surface area contributed by atoms with Crippen molar-refractivity contribution in [2.24, 2.45) is 11.3 Å². The Labute approximate surface area is 82.8 Å². The van der Waals surface area contributed by atoms with E-state index in [0.717, 1.165) is 6.54 Å². The highest BCUT2D eigenvalue weighted by atomic mass is 19.1. The molecule has 14 heavy (non-hydrogen) atoms. The normalized spacial score (nSPS) is 23.2. The summed E-state index contributed by atoms with van der Waals surface area (Å²) in [6, 6.07) is 1.31. The van der Waals surface area contributed by atoms with Gasteiger partial charge in [-0.15, -0.1) is 0 Å². The molecule has 0 saturated heterocycles. The van der Waals surface area contributed by atoms with E-state index in [-0.39, 0.29) is 0 Å². The highest BCUT2D eigenvalue weighted by molar-refractivity contribution is 5.32. The van der Waals surface area contributed by atoms with Gasteiger partial charge in [0.05, 0.1) is 0 Å². The molecule has 0 spiro atoms. The van der Waals surface area contributed by atoms with Crippen molar-refractivity contribution >= 4 is 5.82 Å². The molecule has 0 amide bonds. The van der Waals surface area contributed by atoms with Gasteiger partial charge >= 0.3 is 0 Å². The number of nitrogens with zero attached hydrogens (tertiary/aromatic N) is 2. The van der Waals surface area contributed by atoms with Crippen LogP contribution in [0.4, 0.5) is 10.2 Å². The Morgan fingerprint density at radius 2 is 2.29 bits per heavy atom. The Morgan fingerprint density at radius 3 is 2.86 bits per heavy atom. The summed E-state index contributed by atoms with van der Waals surface area (Å²) < 4.78 is 12.7. The third-order valence-electron chi connectivity index (χ3n) is 2.88. The molecule has 0 aliphatic heterocycles. The first-order valence-electron chi connectivity index (χ1n) is 4.79. The number of aromatic nitrogens is 2. The molecular weight excluding hydrogens is 181 g/mol. The summed E-state index contributed by atoms with van der Waals surface area (Å²) >= 11 is 0. The number of anilines is 1. The molecule has 0 bridgehead atoms. The van der Waals surface area contributed by atoms with Crippen LogP contribution in [0.15, 0.2) is 12.4 Å². The molecule has 3 nitrogen and oxygen atoms in total. The van der Waals surface area contributed by atoms with E-state index >= 15 is 0 Å². The van der Waals surface area contributed by atoms with E-state index in [1.165, 1.54) is 18.8 Å². The fourth-order valence-corrected chi connectivity index (χ4v) is 1.58. The summed E-state index contributed by atoms with van der Waals surface area (Å²) in [7, 11) is 0. The van der Waals surface area contributed by atoms with Crippen LogP contribution in [0.3, 0.4) is 0 Å². The Balaban J connectivity index is 1.87. The fraction of sp³-hybridized carbons (Fsp3) is 0.600. The van der Waals surface area contributed by atoms with Crippen LogP contribution in [0, 0.1) is 17.3 Å². The largest absolute Gasteiger partial charge is 0.370 e. The van der Waals surface area contributed by atoms with Crippen LogP contribution in [0.2, 0.25) is 0 Å². The zero-order valence-electron chi connectivity index (χ0n) is 8.42. The smallest absolute Gasteiger partial charge is 0.217 e. The fourth-order valence-electron chi connectivity index (χ4n) is 1.58. The van der Waals surface area contributed by atoms with E-state index in [9.17, 15) is 4.39 Å². The van der Waals surface area contributed by atoms with E-state index in [4.69, 9.17) is 0 Å². The Morgan fingerprint density at radius 1 is 1.57 bits per heavy atom. The highest BCUT2D eigenvalue weighted by Gasteiger charge is 2.44. The minimum atomic E-state index is -0.488. The van der Waals surface area contributed by atoms with Crippen molar-refractivity contribution in [1.82, 2.24) is 9.97 Å². The number of hydrogen-bond acceptors (Lipinski definition) is 3. The molecule has 1 unspecified atom stereocenters. The van der Waals surface area contributed by atoms with Gasteiger partial charge in [0.1, 0.15) is 12.1 Å². The monoisotopic (exact) mass is 195 g/mol. The van der Waals surface area contributed by atoms with Crippen LogP contribution in [-0.4, -0.2) is 16.5 Å². The maximum Gasteiger partial charge on any atom is 0.217 e. The second-order valence-corrected chi connectivity index (χ2v) is 4.50. The van der Waals surface area contributed by atoms with E-state index in [2.05, 4.69) is 29.1 Å². The molecular formula is C10H14FN3. The van der Waals surface area contributed by atoms with E-state index in [1.54, 1.807) is 0 Å². The summed E-state index contributed by atoms with van der Waals surface area (Å²) in [6.45, 7) is 5.34. The van der Waals surface area contributed by atoms with Crippen LogP contribution >= 0.6 is 0 Å². The van der Waals surface area contributed by atoms with Crippen molar-refractivity contribution < 1.29 is 4.39 Å². The zero-order valence-corrected chi connectivity index (χ0v) is 8.42. The van der Waals surface area contributed by atoms with Gasteiger partial charge in [-0.25, -0.2) is 9.97 Å². The second-order valence-electron chi connectivity index (χ2n) is 4.50. The van der Waals surface area contributed by atoms with Crippen LogP contribution in [-0.2, 0) is 0 Å². The van der Waals surface area contributed by atoms with Crippen molar-refractivity contribution in [2.75, 3.05) is 11.9 Å².